The quantitative estimate of drug-likeness (QED) is 0.386. The molecule has 0 aliphatic rings. The second-order valence-electron chi connectivity index (χ2n) is 8.53. The lowest BCUT2D eigenvalue weighted by molar-refractivity contribution is 0.430. The summed E-state index contributed by atoms with van der Waals surface area (Å²) in [5, 5.41) is 11.0. The van der Waals surface area contributed by atoms with Gasteiger partial charge in [-0.1, -0.05) is 15.9 Å². The van der Waals surface area contributed by atoms with Gasteiger partial charge in [0.25, 0.3) is 5.56 Å². The number of hydrogen-bond acceptors (Lipinski definition) is 6. The number of nitrogens with zero attached hydrogens (tertiary/aromatic N) is 5. The van der Waals surface area contributed by atoms with Gasteiger partial charge in [-0.15, -0.1) is 0 Å². The summed E-state index contributed by atoms with van der Waals surface area (Å²) in [4.78, 5) is 46.2. The van der Waals surface area contributed by atoms with Crippen LogP contribution in [0, 0.1) is 13.8 Å². The molecule has 0 saturated heterocycles. The van der Waals surface area contributed by atoms with Gasteiger partial charge in [0.1, 0.15) is 5.56 Å². The van der Waals surface area contributed by atoms with E-state index in [0.717, 1.165) is 25.7 Å². The van der Waals surface area contributed by atoms with Gasteiger partial charge in [0.2, 0.25) is 5.88 Å². The van der Waals surface area contributed by atoms with Crippen molar-refractivity contribution in [1.82, 2.24) is 18.7 Å². The highest BCUT2D eigenvalue weighted by atomic mass is 79.9. The zero-order valence-corrected chi connectivity index (χ0v) is 21.8. The Labute approximate surface area is 208 Å². The van der Waals surface area contributed by atoms with Crippen molar-refractivity contribution in [1.29, 1.82) is 0 Å². The van der Waals surface area contributed by atoms with Gasteiger partial charge in [0, 0.05) is 38.9 Å². The fourth-order valence-electron chi connectivity index (χ4n) is 4.01. The third kappa shape index (κ3) is 3.91. The van der Waals surface area contributed by atoms with Gasteiger partial charge in [-0.3, -0.25) is 23.9 Å². The maximum absolute atomic E-state index is 12.6. The van der Waals surface area contributed by atoms with Crippen LogP contribution in [0.1, 0.15) is 16.7 Å². The Morgan fingerprint density at radius 3 is 2.29 bits per heavy atom. The average molecular weight is 541 g/mol. The molecular weight excluding hydrogens is 516 g/mol. The Kier molecular flexibility index (Phi) is 6.05. The Balaban J connectivity index is 1.93. The Bertz CT molecular complexity index is 1700. The van der Waals surface area contributed by atoms with Crippen molar-refractivity contribution in [2.75, 3.05) is 19.0 Å². The highest BCUT2D eigenvalue weighted by Crippen LogP contribution is 2.32. The molecule has 4 aromatic rings. The van der Waals surface area contributed by atoms with E-state index in [-0.39, 0.29) is 11.3 Å². The maximum atomic E-state index is 12.6. The lowest BCUT2D eigenvalue weighted by Gasteiger charge is -2.16. The summed E-state index contributed by atoms with van der Waals surface area (Å²) < 4.78 is 4.97. The topological polar surface area (TPSA) is 118 Å². The number of H-pyrrole nitrogens is 1. The standard InChI is InChI=1S/C24H25BrN6O4/c1-12-13(2)17(8-7-15(12)25)31-22(33)14(21(32)27-23(31)34)11-26-16-9-19-20(10-18(16)28(3)4)30(6)24(35)29(19)5/h7-11,33H,1-6H3,(H,27,32,34). The monoisotopic (exact) mass is 540 g/mol. The number of aromatic nitrogens is 4. The van der Waals surface area contributed by atoms with E-state index in [2.05, 4.69) is 25.9 Å². The molecule has 2 heterocycles. The van der Waals surface area contributed by atoms with Crippen LogP contribution in [-0.2, 0) is 14.1 Å². The Morgan fingerprint density at radius 1 is 1.03 bits per heavy atom. The number of aryl methyl sites for hydroxylation is 2. The molecular formula is C24H25BrN6O4. The average Bonchev–Trinajstić information content (AvgIpc) is 3.01. The smallest absolute Gasteiger partial charge is 0.335 e. The summed E-state index contributed by atoms with van der Waals surface area (Å²) in [7, 11) is 7.04. The maximum Gasteiger partial charge on any atom is 0.335 e. The van der Waals surface area contributed by atoms with Crippen molar-refractivity contribution >= 4 is 44.6 Å². The first-order chi connectivity index (χ1) is 16.4. The fourth-order valence-corrected chi connectivity index (χ4v) is 4.44. The molecule has 11 heteroatoms. The van der Waals surface area contributed by atoms with Crippen molar-refractivity contribution in [3.05, 3.63) is 76.8 Å². The van der Waals surface area contributed by atoms with E-state index in [0.29, 0.717) is 22.6 Å². The lowest BCUT2D eigenvalue weighted by atomic mass is 10.1. The van der Waals surface area contributed by atoms with Crippen LogP contribution in [0.15, 0.2) is 48.1 Å². The normalized spacial score (nSPS) is 11.6. The van der Waals surface area contributed by atoms with E-state index in [1.54, 1.807) is 36.9 Å². The van der Waals surface area contributed by atoms with Gasteiger partial charge >= 0.3 is 11.4 Å². The minimum atomic E-state index is -0.765. The Hall–Kier alpha value is -3.86. The highest BCUT2D eigenvalue weighted by Gasteiger charge is 2.18. The number of fused-ring (bicyclic) bond motifs is 1. The number of nitrogens with one attached hydrogen (secondary N) is 1. The number of anilines is 1. The molecule has 2 N–H and O–H groups in total. The molecule has 35 heavy (non-hydrogen) atoms. The molecule has 0 fully saturated rings. The van der Waals surface area contributed by atoms with Crippen LogP contribution < -0.4 is 21.8 Å². The minimum Gasteiger partial charge on any atom is -0.493 e. The number of aromatic hydroxyl groups is 1. The molecule has 0 spiro atoms. The number of aliphatic imine (C=N–C) groups is 1. The molecule has 4 rings (SSSR count). The molecule has 0 radical (unpaired) electrons. The molecule has 10 nitrogen and oxygen atoms in total. The number of benzene rings is 2. The number of aromatic amines is 1. The summed E-state index contributed by atoms with van der Waals surface area (Å²) in [6, 6.07) is 7.03. The number of hydrogen-bond donors (Lipinski definition) is 2. The van der Waals surface area contributed by atoms with Gasteiger partial charge in [-0.25, -0.2) is 14.2 Å². The number of halogens is 1. The molecule has 2 aromatic heterocycles. The first kappa shape index (κ1) is 24.3. The van der Waals surface area contributed by atoms with Gasteiger partial charge < -0.3 is 10.0 Å². The fraction of sp³-hybridized carbons (Fsp3) is 0.250. The zero-order chi connectivity index (χ0) is 25.8. The molecule has 0 atom stereocenters. The van der Waals surface area contributed by atoms with Crippen molar-refractivity contribution in [3.8, 4) is 11.6 Å². The van der Waals surface area contributed by atoms with Gasteiger partial charge in [0.15, 0.2) is 0 Å². The zero-order valence-electron chi connectivity index (χ0n) is 20.2. The largest absolute Gasteiger partial charge is 0.493 e. The van der Waals surface area contributed by atoms with E-state index in [9.17, 15) is 19.5 Å². The van der Waals surface area contributed by atoms with Gasteiger partial charge in [0.05, 0.1) is 28.1 Å². The van der Waals surface area contributed by atoms with Crippen LogP contribution in [0.4, 0.5) is 11.4 Å². The molecule has 0 saturated carbocycles. The molecule has 0 aliphatic carbocycles. The van der Waals surface area contributed by atoms with Crippen LogP contribution in [0.3, 0.4) is 0 Å². The van der Waals surface area contributed by atoms with E-state index >= 15 is 0 Å². The molecule has 0 unspecified atom stereocenters. The molecule has 2 aromatic carbocycles. The summed E-state index contributed by atoms with van der Waals surface area (Å²) in [5.41, 5.74) is 2.81. The van der Waals surface area contributed by atoms with Crippen molar-refractivity contribution < 1.29 is 5.11 Å². The summed E-state index contributed by atoms with van der Waals surface area (Å²) in [6.45, 7) is 3.71. The van der Waals surface area contributed by atoms with Crippen molar-refractivity contribution in [2.24, 2.45) is 19.1 Å². The van der Waals surface area contributed by atoms with E-state index in [1.807, 2.05) is 38.9 Å². The lowest BCUT2D eigenvalue weighted by Crippen LogP contribution is -2.31. The third-order valence-electron chi connectivity index (χ3n) is 6.24. The van der Waals surface area contributed by atoms with E-state index in [4.69, 9.17) is 0 Å². The summed E-state index contributed by atoms with van der Waals surface area (Å²) in [6.07, 6.45) is 1.22. The molecule has 182 valence electrons. The summed E-state index contributed by atoms with van der Waals surface area (Å²) >= 11 is 3.46. The predicted octanol–water partition coefficient (Wildman–Crippen LogP) is 2.62. The minimum absolute atomic E-state index is 0.170. The van der Waals surface area contributed by atoms with Crippen LogP contribution in [0.2, 0.25) is 0 Å². The van der Waals surface area contributed by atoms with Crippen LogP contribution in [-0.4, -0.2) is 44.1 Å². The van der Waals surface area contributed by atoms with Gasteiger partial charge in [-0.05, 0) is 49.2 Å². The second-order valence-corrected chi connectivity index (χ2v) is 9.39. The van der Waals surface area contributed by atoms with Gasteiger partial charge in [-0.2, -0.15) is 0 Å². The SMILES string of the molecule is Cc1c(Br)ccc(-n2c(O)c(C=Nc3cc4c(cc3N(C)C)n(C)c(=O)n4C)c(=O)[nH]c2=O)c1C. The van der Waals surface area contributed by atoms with Crippen molar-refractivity contribution in [3.63, 3.8) is 0 Å². The molecule has 0 amide bonds. The second kappa shape index (κ2) is 8.73. The van der Waals surface area contributed by atoms with E-state index in [1.165, 1.54) is 10.8 Å². The predicted molar refractivity (Wildman–Crippen MR) is 141 cm³/mol. The summed E-state index contributed by atoms with van der Waals surface area (Å²) in [5.74, 6) is -0.521. The highest BCUT2D eigenvalue weighted by molar-refractivity contribution is 9.10. The van der Waals surface area contributed by atoms with Crippen LogP contribution >= 0.6 is 15.9 Å². The number of imidazole rings is 1. The van der Waals surface area contributed by atoms with Crippen LogP contribution in [0.25, 0.3) is 16.7 Å². The van der Waals surface area contributed by atoms with Crippen LogP contribution in [0.5, 0.6) is 5.88 Å². The third-order valence-corrected chi connectivity index (χ3v) is 7.10. The molecule has 0 bridgehead atoms. The number of rotatable bonds is 4. The Morgan fingerprint density at radius 2 is 1.66 bits per heavy atom. The van der Waals surface area contributed by atoms with Crippen molar-refractivity contribution in [2.45, 2.75) is 13.8 Å². The van der Waals surface area contributed by atoms with E-state index < -0.39 is 17.1 Å². The first-order valence-electron chi connectivity index (χ1n) is 10.7. The first-order valence-corrected chi connectivity index (χ1v) is 11.5. The molecule has 0 aliphatic heterocycles.